The van der Waals surface area contributed by atoms with Gasteiger partial charge in [-0.05, 0) is 30.5 Å². The number of aromatic nitrogens is 1. The van der Waals surface area contributed by atoms with Crippen molar-refractivity contribution in [1.82, 2.24) is 15.2 Å². The van der Waals surface area contributed by atoms with Crippen LogP contribution in [0.15, 0.2) is 23.2 Å². The van der Waals surface area contributed by atoms with Gasteiger partial charge in [0.2, 0.25) is 5.91 Å². The van der Waals surface area contributed by atoms with Gasteiger partial charge in [-0.15, -0.1) is 22.7 Å². The second kappa shape index (κ2) is 5.40. The molecule has 0 aliphatic carbocycles. The molecule has 19 heavy (non-hydrogen) atoms. The van der Waals surface area contributed by atoms with Crippen LogP contribution in [-0.4, -0.2) is 29.4 Å². The third kappa shape index (κ3) is 2.43. The third-order valence-corrected chi connectivity index (χ3v) is 5.16. The molecule has 0 saturated carbocycles. The van der Waals surface area contributed by atoms with E-state index >= 15 is 0 Å². The molecule has 100 valence electrons. The minimum Gasteiger partial charge on any atom is -0.335 e. The zero-order chi connectivity index (χ0) is 13.2. The van der Waals surface area contributed by atoms with Crippen molar-refractivity contribution >= 4 is 28.6 Å². The van der Waals surface area contributed by atoms with E-state index in [9.17, 15) is 4.79 Å². The number of thiophene rings is 1. The van der Waals surface area contributed by atoms with Crippen molar-refractivity contribution in [2.45, 2.75) is 19.0 Å². The highest BCUT2D eigenvalue weighted by molar-refractivity contribution is 7.10. The summed E-state index contributed by atoms with van der Waals surface area (Å²) in [5.74, 6) is 0.164. The van der Waals surface area contributed by atoms with Gasteiger partial charge in [0.05, 0.1) is 12.1 Å². The maximum Gasteiger partial charge on any atom is 0.245 e. The fourth-order valence-electron chi connectivity index (χ4n) is 2.39. The van der Waals surface area contributed by atoms with Crippen LogP contribution in [0.1, 0.15) is 21.4 Å². The smallest absolute Gasteiger partial charge is 0.245 e. The van der Waals surface area contributed by atoms with Crippen LogP contribution in [0, 0.1) is 0 Å². The molecule has 0 bridgehead atoms. The van der Waals surface area contributed by atoms with Crippen molar-refractivity contribution in [3.05, 3.63) is 38.5 Å². The number of hydrogen-bond acceptors (Lipinski definition) is 5. The molecule has 3 rings (SSSR count). The molecule has 0 spiro atoms. The summed E-state index contributed by atoms with van der Waals surface area (Å²) in [6.45, 7) is 1.44. The number of nitrogens with zero attached hydrogens (tertiary/aromatic N) is 2. The molecule has 0 aromatic carbocycles. The number of hydrogen-bond donors (Lipinski definition) is 1. The Hall–Kier alpha value is -1.24. The van der Waals surface area contributed by atoms with Gasteiger partial charge in [-0.1, -0.05) is 0 Å². The molecule has 4 nitrogen and oxygen atoms in total. The van der Waals surface area contributed by atoms with Crippen molar-refractivity contribution < 1.29 is 4.79 Å². The van der Waals surface area contributed by atoms with E-state index in [0.29, 0.717) is 6.54 Å². The fraction of sp³-hybridized carbons (Fsp3) is 0.385. The number of amides is 1. The van der Waals surface area contributed by atoms with E-state index in [1.54, 1.807) is 22.7 Å². The number of rotatable bonds is 3. The highest BCUT2D eigenvalue weighted by atomic mass is 32.1. The monoisotopic (exact) mass is 293 g/mol. The molecule has 6 heteroatoms. The van der Waals surface area contributed by atoms with Crippen LogP contribution in [-0.2, 0) is 17.8 Å². The first-order valence-corrected chi connectivity index (χ1v) is 7.95. The first kappa shape index (κ1) is 12.8. The summed E-state index contributed by atoms with van der Waals surface area (Å²) in [7, 11) is 1.85. The number of carbonyl (C=O) groups excluding carboxylic acids is 1. The number of nitrogens with one attached hydrogen (secondary N) is 1. The summed E-state index contributed by atoms with van der Waals surface area (Å²) < 4.78 is 0. The Morgan fingerprint density at radius 3 is 3.16 bits per heavy atom. The zero-order valence-corrected chi connectivity index (χ0v) is 12.3. The van der Waals surface area contributed by atoms with E-state index in [1.165, 1.54) is 10.4 Å². The number of fused-ring (bicyclic) bond motifs is 1. The Balaban J connectivity index is 1.85. The number of carbonyl (C=O) groups is 1. The van der Waals surface area contributed by atoms with Gasteiger partial charge >= 0.3 is 0 Å². The van der Waals surface area contributed by atoms with Gasteiger partial charge in [0, 0.05) is 22.5 Å². The molecule has 1 atom stereocenters. The van der Waals surface area contributed by atoms with Crippen molar-refractivity contribution in [3.63, 3.8) is 0 Å². The van der Waals surface area contributed by atoms with Gasteiger partial charge < -0.3 is 10.2 Å². The van der Waals surface area contributed by atoms with Crippen molar-refractivity contribution in [2.24, 2.45) is 0 Å². The average molecular weight is 293 g/mol. The van der Waals surface area contributed by atoms with Gasteiger partial charge in [-0.25, -0.2) is 0 Å². The quantitative estimate of drug-likeness (QED) is 0.942. The topological polar surface area (TPSA) is 45.2 Å². The van der Waals surface area contributed by atoms with Crippen molar-refractivity contribution in [1.29, 1.82) is 0 Å². The molecule has 1 amide bonds. The molecule has 3 heterocycles. The summed E-state index contributed by atoms with van der Waals surface area (Å²) in [6.07, 6.45) is 2.77. The molecule has 0 radical (unpaired) electrons. The predicted octanol–water partition coefficient (Wildman–Crippen LogP) is 2.05. The van der Waals surface area contributed by atoms with Crippen LogP contribution in [0.2, 0.25) is 0 Å². The minimum absolute atomic E-state index is 0.164. The Kier molecular flexibility index (Phi) is 3.63. The van der Waals surface area contributed by atoms with E-state index in [4.69, 9.17) is 0 Å². The van der Waals surface area contributed by atoms with Crippen LogP contribution in [0.25, 0.3) is 0 Å². The molecule has 0 saturated heterocycles. The standard InChI is InChI=1S/C13H15N3OS2/c1-14-11-12-9(3-5-18-12)2-4-16(13(11)17)7-10-6-15-8-19-10/h3,5-6,8,11,14H,2,4,7H2,1H3. The Labute approximate surface area is 120 Å². The van der Waals surface area contributed by atoms with E-state index in [-0.39, 0.29) is 11.9 Å². The SMILES string of the molecule is CNC1C(=O)N(Cc2cncs2)CCc2ccsc21. The number of likely N-dealkylation sites (N-methyl/N-ethyl adjacent to an activating group) is 1. The molecule has 1 aliphatic rings. The average Bonchev–Trinajstić information content (AvgIpc) is 3.04. The highest BCUT2D eigenvalue weighted by Gasteiger charge is 2.30. The lowest BCUT2D eigenvalue weighted by Gasteiger charge is -2.23. The summed E-state index contributed by atoms with van der Waals surface area (Å²) in [6, 6.07) is 1.93. The molecular weight excluding hydrogens is 278 g/mol. The minimum atomic E-state index is -0.203. The van der Waals surface area contributed by atoms with Gasteiger partial charge in [0.15, 0.2) is 0 Å². The van der Waals surface area contributed by atoms with E-state index in [0.717, 1.165) is 17.8 Å². The molecule has 1 N–H and O–H groups in total. The predicted molar refractivity (Wildman–Crippen MR) is 77.4 cm³/mol. The molecule has 2 aromatic rings. The van der Waals surface area contributed by atoms with Crippen molar-refractivity contribution in [3.8, 4) is 0 Å². The first-order valence-electron chi connectivity index (χ1n) is 6.19. The maximum absolute atomic E-state index is 12.6. The van der Waals surface area contributed by atoms with Gasteiger partial charge in [0.25, 0.3) is 0 Å². The second-order valence-corrected chi connectivity index (χ2v) is 6.43. The van der Waals surface area contributed by atoms with Crippen LogP contribution in [0.4, 0.5) is 0 Å². The fourth-order valence-corrected chi connectivity index (χ4v) is 4.05. The molecule has 2 aromatic heterocycles. The van der Waals surface area contributed by atoms with Crippen LogP contribution in [0.5, 0.6) is 0 Å². The van der Waals surface area contributed by atoms with Crippen molar-refractivity contribution in [2.75, 3.05) is 13.6 Å². The lowest BCUT2D eigenvalue weighted by Crippen LogP contribution is -2.38. The van der Waals surface area contributed by atoms with E-state index in [2.05, 4.69) is 21.7 Å². The van der Waals surface area contributed by atoms with E-state index < -0.39 is 0 Å². The Morgan fingerprint density at radius 2 is 2.42 bits per heavy atom. The molecule has 0 fully saturated rings. The Bertz CT molecular complexity index is 564. The van der Waals surface area contributed by atoms with Gasteiger partial charge in [-0.2, -0.15) is 0 Å². The number of thiazole rings is 1. The van der Waals surface area contributed by atoms with Gasteiger partial charge in [-0.3, -0.25) is 9.78 Å². The zero-order valence-electron chi connectivity index (χ0n) is 10.6. The summed E-state index contributed by atoms with van der Waals surface area (Å²) >= 11 is 3.26. The van der Waals surface area contributed by atoms with Crippen LogP contribution in [0.3, 0.4) is 0 Å². The Morgan fingerprint density at radius 1 is 1.53 bits per heavy atom. The summed E-state index contributed by atoms with van der Waals surface area (Å²) in [4.78, 5) is 20.9. The lowest BCUT2D eigenvalue weighted by molar-refractivity contribution is -0.133. The summed E-state index contributed by atoms with van der Waals surface area (Å²) in [5.41, 5.74) is 3.11. The van der Waals surface area contributed by atoms with E-state index in [1.807, 2.05) is 23.7 Å². The molecule has 1 unspecified atom stereocenters. The summed E-state index contributed by atoms with van der Waals surface area (Å²) in [5, 5.41) is 5.22. The maximum atomic E-state index is 12.6. The lowest BCUT2D eigenvalue weighted by atomic mass is 10.1. The van der Waals surface area contributed by atoms with Gasteiger partial charge in [0.1, 0.15) is 6.04 Å². The largest absolute Gasteiger partial charge is 0.335 e. The second-order valence-electron chi connectivity index (χ2n) is 4.51. The van der Waals surface area contributed by atoms with Crippen LogP contribution < -0.4 is 5.32 Å². The first-order chi connectivity index (χ1) is 9.29. The van der Waals surface area contributed by atoms with Crippen LogP contribution >= 0.6 is 22.7 Å². The molecule has 1 aliphatic heterocycles. The normalized spacial score (nSPS) is 19.3. The highest BCUT2D eigenvalue weighted by Crippen LogP contribution is 2.30. The molecular formula is C13H15N3OS2. The third-order valence-electron chi connectivity index (χ3n) is 3.37.